The Morgan fingerprint density at radius 1 is 1.18 bits per heavy atom. The molecule has 142 valence electrons. The Morgan fingerprint density at radius 2 is 1.96 bits per heavy atom. The Balaban J connectivity index is 1.40. The summed E-state index contributed by atoms with van der Waals surface area (Å²) in [6, 6.07) is 19.5. The lowest BCUT2D eigenvalue weighted by Gasteiger charge is -2.35. The number of nitrogens with zero attached hydrogens (tertiary/aromatic N) is 2. The standard InChI is InChI=1S/C22H20N2O4/c25-21(26)22-13-24(12-18(22)17-8-4-5-9-20(17)27-14-22)11-16-10-19(23-28-16)15-6-2-1-3-7-15/h1-10,18H,11-14H2,(H,25,26)/t18-,22-/m0/s1. The van der Waals surface area contributed by atoms with Gasteiger partial charge in [0.1, 0.15) is 23.5 Å². The number of fused-ring (bicyclic) bond motifs is 3. The summed E-state index contributed by atoms with van der Waals surface area (Å²) in [7, 11) is 0. The molecule has 0 unspecified atom stereocenters. The average Bonchev–Trinajstić information content (AvgIpc) is 3.34. The van der Waals surface area contributed by atoms with Crippen molar-refractivity contribution in [3.05, 3.63) is 72.0 Å². The third kappa shape index (κ3) is 2.68. The monoisotopic (exact) mass is 376 g/mol. The van der Waals surface area contributed by atoms with Crippen molar-refractivity contribution in [3.63, 3.8) is 0 Å². The number of hydrogen-bond donors (Lipinski definition) is 1. The van der Waals surface area contributed by atoms with Gasteiger partial charge in [0.25, 0.3) is 0 Å². The predicted octanol–water partition coefficient (Wildman–Crippen LogP) is 3.40. The van der Waals surface area contributed by atoms with Crippen LogP contribution in [0.5, 0.6) is 5.75 Å². The molecule has 1 N–H and O–H groups in total. The molecule has 1 fully saturated rings. The normalized spacial score (nSPS) is 23.6. The second-order valence-electron chi connectivity index (χ2n) is 7.55. The Labute approximate surface area is 162 Å². The Bertz CT molecular complexity index is 1020. The highest BCUT2D eigenvalue weighted by atomic mass is 16.5. The molecule has 0 amide bonds. The molecule has 2 aliphatic heterocycles. The molecule has 2 aromatic carbocycles. The first-order valence-corrected chi connectivity index (χ1v) is 9.34. The van der Waals surface area contributed by atoms with E-state index >= 15 is 0 Å². The molecule has 0 spiro atoms. The first-order chi connectivity index (χ1) is 13.7. The summed E-state index contributed by atoms with van der Waals surface area (Å²) in [5, 5.41) is 14.2. The van der Waals surface area contributed by atoms with Gasteiger partial charge in [0.15, 0.2) is 5.76 Å². The molecule has 3 aromatic rings. The Morgan fingerprint density at radius 3 is 2.79 bits per heavy atom. The summed E-state index contributed by atoms with van der Waals surface area (Å²) < 4.78 is 11.3. The van der Waals surface area contributed by atoms with Crippen molar-refractivity contribution in [1.29, 1.82) is 0 Å². The molecule has 0 radical (unpaired) electrons. The lowest BCUT2D eigenvalue weighted by atomic mass is 9.73. The number of ether oxygens (including phenoxy) is 1. The predicted molar refractivity (Wildman–Crippen MR) is 102 cm³/mol. The van der Waals surface area contributed by atoms with Crippen LogP contribution in [0.3, 0.4) is 0 Å². The fourth-order valence-corrected chi connectivity index (χ4v) is 4.41. The van der Waals surface area contributed by atoms with Crippen molar-refractivity contribution >= 4 is 5.97 Å². The van der Waals surface area contributed by atoms with Crippen molar-refractivity contribution in [2.45, 2.75) is 12.5 Å². The molecule has 1 aromatic heterocycles. The van der Waals surface area contributed by atoms with Crippen LogP contribution >= 0.6 is 0 Å². The van der Waals surface area contributed by atoms with Crippen LogP contribution in [0, 0.1) is 5.41 Å². The van der Waals surface area contributed by atoms with Crippen LogP contribution in [0.15, 0.2) is 65.2 Å². The lowest BCUT2D eigenvalue weighted by molar-refractivity contribution is -0.151. The van der Waals surface area contributed by atoms with Crippen molar-refractivity contribution in [3.8, 4) is 17.0 Å². The third-order valence-electron chi connectivity index (χ3n) is 5.83. The van der Waals surface area contributed by atoms with E-state index in [-0.39, 0.29) is 12.5 Å². The van der Waals surface area contributed by atoms with Crippen LogP contribution in [0.1, 0.15) is 17.2 Å². The van der Waals surface area contributed by atoms with Gasteiger partial charge in [0, 0.05) is 30.6 Å². The number of aromatic nitrogens is 1. The van der Waals surface area contributed by atoms with Gasteiger partial charge in [-0.25, -0.2) is 0 Å². The van der Waals surface area contributed by atoms with Crippen LogP contribution in [0.25, 0.3) is 11.3 Å². The minimum absolute atomic E-state index is 0.105. The van der Waals surface area contributed by atoms with E-state index in [4.69, 9.17) is 9.26 Å². The van der Waals surface area contributed by atoms with E-state index in [9.17, 15) is 9.90 Å². The molecule has 1 saturated heterocycles. The van der Waals surface area contributed by atoms with Crippen LogP contribution in [0.4, 0.5) is 0 Å². The summed E-state index contributed by atoms with van der Waals surface area (Å²) in [5.74, 6) is 0.605. The molecule has 3 heterocycles. The molecule has 6 nitrogen and oxygen atoms in total. The summed E-state index contributed by atoms with van der Waals surface area (Å²) in [6.07, 6.45) is 0. The number of carboxylic acid groups (broad SMARTS) is 1. The largest absolute Gasteiger partial charge is 0.492 e. The van der Waals surface area contributed by atoms with Gasteiger partial charge in [-0.15, -0.1) is 0 Å². The quantitative estimate of drug-likeness (QED) is 0.752. The molecule has 6 heteroatoms. The maximum atomic E-state index is 12.2. The summed E-state index contributed by atoms with van der Waals surface area (Å²) in [5.41, 5.74) is 1.82. The SMILES string of the molecule is O=C(O)[C@@]12COc3ccccc3[C@@H]1CN(Cc1cc(-c3ccccc3)no1)C2. The van der Waals surface area contributed by atoms with Crippen LogP contribution in [0.2, 0.25) is 0 Å². The van der Waals surface area contributed by atoms with Crippen molar-refractivity contribution in [2.75, 3.05) is 19.7 Å². The summed E-state index contributed by atoms with van der Waals surface area (Å²) >= 11 is 0. The van der Waals surface area contributed by atoms with E-state index < -0.39 is 11.4 Å². The first kappa shape index (κ1) is 17.0. The van der Waals surface area contributed by atoms with Crippen LogP contribution in [-0.4, -0.2) is 40.8 Å². The average molecular weight is 376 g/mol. The molecule has 2 aliphatic rings. The van der Waals surface area contributed by atoms with Gasteiger partial charge in [-0.2, -0.15) is 0 Å². The number of carboxylic acids is 1. The van der Waals surface area contributed by atoms with E-state index in [1.54, 1.807) is 0 Å². The van der Waals surface area contributed by atoms with Gasteiger partial charge in [-0.05, 0) is 11.6 Å². The molecule has 0 aliphatic carbocycles. The zero-order chi connectivity index (χ0) is 19.1. The van der Waals surface area contributed by atoms with E-state index in [0.717, 1.165) is 28.3 Å². The highest BCUT2D eigenvalue weighted by Gasteiger charge is 2.56. The first-order valence-electron chi connectivity index (χ1n) is 9.34. The highest BCUT2D eigenvalue weighted by molar-refractivity contribution is 5.78. The second kappa shape index (κ2) is 6.49. The van der Waals surface area contributed by atoms with Gasteiger partial charge >= 0.3 is 5.97 Å². The highest BCUT2D eigenvalue weighted by Crippen LogP contribution is 2.50. The van der Waals surface area contributed by atoms with Gasteiger partial charge in [0.05, 0.1) is 6.54 Å². The van der Waals surface area contributed by atoms with Gasteiger partial charge in [-0.3, -0.25) is 9.69 Å². The minimum atomic E-state index is -0.934. The number of hydrogen-bond acceptors (Lipinski definition) is 5. The van der Waals surface area contributed by atoms with E-state index in [1.165, 1.54) is 0 Å². The van der Waals surface area contributed by atoms with Crippen LogP contribution in [-0.2, 0) is 11.3 Å². The number of aliphatic carboxylic acids is 1. The van der Waals surface area contributed by atoms with Gasteiger partial charge < -0.3 is 14.4 Å². The summed E-state index contributed by atoms with van der Waals surface area (Å²) in [6.45, 7) is 1.77. The van der Waals surface area contributed by atoms with Gasteiger partial charge in [0.2, 0.25) is 0 Å². The maximum absolute atomic E-state index is 12.2. The number of rotatable bonds is 4. The number of benzene rings is 2. The zero-order valence-corrected chi connectivity index (χ0v) is 15.2. The third-order valence-corrected chi connectivity index (χ3v) is 5.83. The molecular formula is C22H20N2O4. The van der Waals surface area contributed by atoms with Crippen molar-refractivity contribution in [1.82, 2.24) is 10.1 Å². The van der Waals surface area contributed by atoms with Crippen molar-refractivity contribution in [2.24, 2.45) is 5.41 Å². The van der Waals surface area contributed by atoms with Gasteiger partial charge in [-0.1, -0.05) is 53.7 Å². The summed E-state index contributed by atoms with van der Waals surface area (Å²) in [4.78, 5) is 14.3. The molecule has 0 saturated carbocycles. The topological polar surface area (TPSA) is 75.8 Å². The smallest absolute Gasteiger partial charge is 0.315 e. The Kier molecular flexibility index (Phi) is 3.94. The Hall–Kier alpha value is -3.12. The number of likely N-dealkylation sites (tertiary alicyclic amines) is 1. The number of carbonyl (C=O) groups is 1. The minimum Gasteiger partial charge on any atom is -0.492 e. The molecule has 0 bridgehead atoms. The van der Waals surface area contributed by atoms with E-state index in [0.29, 0.717) is 19.6 Å². The fourth-order valence-electron chi connectivity index (χ4n) is 4.41. The fraction of sp³-hybridized carbons (Fsp3) is 0.273. The lowest BCUT2D eigenvalue weighted by Crippen LogP contribution is -2.45. The van der Waals surface area contributed by atoms with E-state index in [1.807, 2.05) is 60.7 Å². The van der Waals surface area contributed by atoms with Crippen LogP contribution < -0.4 is 4.74 Å². The molecule has 2 atom stereocenters. The van der Waals surface area contributed by atoms with E-state index in [2.05, 4.69) is 10.1 Å². The number of para-hydroxylation sites is 1. The molecule has 28 heavy (non-hydrogen) atoms. The second-order valence-corrected chi connectivity index (χ2v) is 7.55. The molecule has 5 rings (SSSR count). The van der Waals surface area contributed by atoms with Crippen molar-refractivity contribution < 1.29 is 19.2 Å². The maximum Gasteiger partial charge on any atom is 0.315 e. The zero-order valence-electron chi connectivity index (χ0n) is 15.2. The molecular weight excluding hydrogens is 356 g/mol.